The highest BCUT2D eigenvalue weighted by molar-refractivity contribution is 7.89. The van der Waals surface area contributed by atoms with E-state index >= 15 is 0 Å². The molecule has 0 amide bonds. The van der Waals surface area contributed by atoms with E-state index in [1.807, 2.05) is 4.72 Å². The number of halogens is 1. The van der Waals surface area contributed by atoms with Gasteiger partial charge in [0.15, 0.2) is 0 Å². The lowest BCUT2D eigenvalue weighted by molar-refractivity contribution is -0.141. The van der Waals surface area contributed by atoms with E-state index in [0.29, 0.717) is 0 Å². The number of nitriles is 1. The SMILES string of the molecule is C[C@H](O)[C@H](NS(=O)(=O)c1ccc(C#N)c(Cl)c1)C(=O)O. The molecule has 108 valence electrons. The van der Waals surface area contributed by atoms with Crippen LogP contribution in [0, 0.1) is 11.3 Å². The number of aliphatic carboxylic acids is 1. The molecule has 0 aliphatic rings. The second-order valence-electron chi connectivity index (χ2n) is 3.93. The molecule has 0 spiro atoms. The normalized spacial score (nSPS) is 14.3. The Hall–Kier alpha value is -1.66. The van der Waals surface area contributed by atoms with Crippen molar-refractivity contribution >= 4 is 27.6 Å². The minimum absolute atomic E-state index is 0.0701. The van der Waals surface area contributed by atoms with E-state index in [2.05, 4.69) is 0 Å². The van der Waals surface area contributed by atoms with Gasteiger partial charge in [0.2, 0.25) is 10.0 Å². The number of benzene rings is 1. The summed E-state index contributed by atoms with van der Waals surface area (Å²) < 4.78 is 25.8. The Balaban J connectivity index is 3.15. The zero-order valence-corrected chi connectivity index (χ0v) is 11.8. The standard InChI is InChI=1S/C11H11ClN2O5S/c1-6(15)10(11(16)17)14-20(18,19)8-3-2-7(5-13)9(12)4-8/h2-4,6,10,14-15H,1H3,(H,16,17)/t6-,10-/m0/s1. The molecule has 0 aromatic heterocycles. The third-order valence-corrected chi connectivity index (χ3v) is 4.15. The van der Waals surface area contributed by atoms with E-state index in [-0.39, 0.29) is 15.5 Å². The van der Waals surface area contributed by atoms with E-state index in [1.54, 1.807) is 6.07 Å². The molecule has 0 aliphatic carbocycles. The summed E-state index contributed by atoms with van der Waals surface area (Å²) in [7, 11) is -4.18. The van der Waals surface area contributed by atoms with E-state index in [0.717, 1.165) is 19.1 Å². The third kappa shape index (κ3) is 3.68. The van der Waals surface area contributed by atoms with Crippen LogP contribution in [0.3, 0.4) is 0 Å². The molecule has 0 bridgehead atoms. The first kappa shape index (κ1) is 16.4. The molecule has 0 radical (unpaired) electrons. The molecule has 0 aliphatic heterocycles. The quantitative estimate of drug-likeness (QED) is 0.717. The van der Waals surface area contributed by atoms with Crippen molar-refractivity contribution < 1.29 is 23.4 Å². The average molecular weight is 319 g/mol. The maximum Gasteiger partial charge on any atom is 0.324 e. The summed E-state index contributed by atoms with van der Waals surface area (Å²) in [6, 6.07) is 3.44. The molecule has 0 unspecified atom stereocenters. The number of nitrogens with zero attached hydrogens (tertiary/aromatic N) is 1. The van der Waals surface area contributed by atoms with Crippen molar-refractivity contribution in [3.05, 3.63) is 28.8 Å². The van der Waals surface area contributed by atoms with Gasteiger partial charge in [0.1, 0.15) is 12.1 Å². The average Bonchev–Trinajstić information content (AvgIpc) is 2.35. The van der Waals surface area contributed by atoms with Gasteiger partial charge in [0, 0.05) is 0 Å². The lowest BCUT2D eigenvalue weighted by Gasteiger charge is -2.17. The predicted molar refractivity (Wildman–Crippen MR) is 69.6 cm³/mol. The van der Waals surface area contributed by atoms with Crippen LogP contribution in [-0.2, 0) is 14.8 Å². The molecule has 7 nitrogen and oxygen atoms in total. The van der Waals surface area contributed by atoms with Crippen molar-refractivity contribution in [3.8, 4) is 6.07 Å². The molecule has 3 N–H and O–H groups in total. The maximum atomic E-state index is 12.0. The van der Waals surface area contributed by atoms with Gasteiger partial charge in [0.25, 0.3) is 0 Å². The maximum absolute atomic E-state index is 12.0. The molecule has 2 atom stereocenters. The zero-order chi connectivity index (χ0) is 15.5. The van der Waals surface area contributed by atoms with Gasteiger partial charge in [-0.2, -0.15) is 9.98 Å². The fourth-order valence-corrected chi connectivity index (χ4v) is 2.92. The Morgan fingerprint density at radius 2 is 2.10 bits per heavy atom. The van der Waals surface area contributed by atoms with Gasteiger partial charge in [-0.1, -0.05) is 11.6 Å². The Morgan fingerprint density at radius 1 is 1.50 bits per heavy atom. The second kappa shape index (κ2) is 6.19. The summed E-state index contributed by atoms with van der Waals surface area (Å²) in [5.41, 5.74) is 0.0935. The highest BCUT2D eigenvalue weighted by Crippen LogP contribution is 2.20. The zero-order valence-electron chi connectivity index (χ0n) is 10.2. The van der Waals surface area contributed by atoms with Crippen LogP contribution in [0.15, 0.2) is 23.1 Å². The fraction of sp³-hybridized carbons (Fsp3) is 0.273. The van der Waals surface area contributed by atoms with Crippen LogP contribution in [0.1, 0.15) is 12.5 Å². The summed E-state index contributed by atoms with van der Waals surface area (Å²) in [6.07, 6.45) is -1.42. The van der Waals surface area contributed by atoms with Crippen molar-refractivity contribution in [2.24, 2.45) is 0 Å². The molecule has 0 saturated heterocycles. The summed E-state index contributed by atoms with van der Waals surface area (Å²) >= 11 is 5.72. The van der Waals surface area contributed by atoms with E-state index in [4.69, 9.17) is 22.0 Å². The monoisotopic (exact) mass is 318 g/mol. The van der Waals surface area contributed by atoms with Crippen molar-refractivity contribution in [1.29, 1.82) is 5.26 Å². The van der Waals surface area contributed by atoms with Gasteiger partial charge in [-0.15, -0.1) is 0 Å². The van der Waals surface area contributed by atoms with Crippen LogP contribution in [0.25, 0.3) is 0 Å². The summed E-state index contributed by atoms with van der Waals surface area (Å²) in [5, 5.41) is 26.7. The number of aliphatic hydroxyl groups is 1. The number of sulfonamides is 1. The Labute approximate surface area is 120 Å². The molecular weight excluding hydrogens is 308 g/mol. The number of nitrogens with one attached hydrogen (secondary N) is 1. The van der Waals surface area contributed by atoms with Gasteiger partial charge in [-0.3, -0.25) is 4.79 Å². The Bertz CT molecular complexity index is 666. The van der Waals surface area contributed by atoms with Crippen LogP contribution in [0.2, 0.25) is 5.02 Å². The lowest BCUT2D eigenvalue weighted by atomic mass is 10.2. The van der Waals surface area contributed by atoms with Crippen LogP contribution in [0.5, 0.6) is 0 Å². The predicted octanol–water partition coefficient (Wildman–Crippen LogP) is 0.324. The van der Waals surface area contributed by atoms with Crippen molar-refractivity contribution in [1.82, 2.24) is 4.72 Å². The van der Waals surface area contributed by atoms with Gasteiger partial charge in [-0.25, -0.2) is 8.42 Å². The minimum Gasteiger partial charge on any atom is -0.480 e. The molecule has 1 aromatic carbocycles. The van der Waals surface area contributed by atoms with E-state index in [1.165, 1.54) is 6.07 Å². The van der Waals surface area contributed by atoms with Crippen LogP contribution < -0.4 is 4.72 Å². The van der Waals surface area contributed by atoms with Gasteiger partial charge >= 0.3 is 5.97 Å². The molecule has 0 saturated carbocycles. The van der Waals surface area contributed by atoms with E-state index < -0.39 is 28.1 Å². The van der Waals surface area contributed by atoms with Crippen LogP contribution >= 0.6 is 11.6 Å². The van der Waals surface area contributed by atoms with Gasteiger partial charge < -0.3 is 10.2 Å². The first-order valence-electron chi connectivity index (χ1n) is 5.32. The Morgan fingerprint density at radius 3 is 2.50 bits per heavy atom. The molecule has 0 heterocycles. The molecular formula is C11H11ClN2O5S. The number of carboxylic acids is 1. The number of hydrogen-bond donors (Lipinski definition) is 3. The van der Waals surface area contributed by atoms with Crippen molar-refractivity contribution in [2.75, 3.05) is 0 Å². The molecule has 0 fully saturated rings. The summed E-state index contributed by atoms with van der Waals surface area (Å²) in [4.78, 5) is 10.6. The number of carbonyl (C=O) groups is 1. The molecule has 20 heavy (non-hydrogen) atoms. The molecule has 9 heteroatoms. The lowest BCUT2D eigenvalue weighted by Crippen LogP contribution is -2.47. The van der Waals surface area contributed by atoms with Gasteiger partial charge in [0.05, 0.1) is 21.6 Å². The smallest absolute Gasteiger partial charge is 0.324 e. The van der Waals surface area contributed by atoms with Crippen molar-refractivity contribution in [2.45, 2.75) is 24.0 Å². The molecule has 1 aromatic rings. The second-order valence-corrected chi connectivity index (χ2v) is 6.05. The first-order chi connectivity index (χ1) is 9.19. The fourth-order valence-electron chi connectivity index (χ4n) is 1.34. The Kier molecular flexibility index (Phi) is 5.08. The largest absolute Gasteiger partial charge is 0.480 e. The van der Waals surface area contributed by atoms with E-state index in [9.17, 15) is 18.3 Å². The third-order valence-electron chi connectivity index (χ3n) is 2.40. The van der Waals surface area contributed by atoms with Crippen LogP contribution in [0.4, 0.5) is 0 Å². The van der Waals surface area contributed by atoms with Crippen LogP contribution in [-0.4, -0.2) is 36.7 Å². The topological polar surface area (TPSA) is 127 Å². The number of aliphatic hydroxyl groups excluding tert-OH is 1. The van der Waals surface area contributed by atoms with Gasteiger partial charge in [-0.05, 0) is 25.1 Å². The highest BCUT2D eigenvalue weighted by Gasteiger charge is 2.29. The highest BCUT2D eigenvalue weighted by atomic mass is 35.5. The molecule has 1 rings (SSSR count). The number of carboxylic acid groups (broad SMARTS) is 1. The number of rotatable bonds is 5. The number of hydrogen-bond acceptors (Lipinski definition) is 5. The first-order valence-corrected chi connectivity index (χ1v) is 7.18. The minimum atomic E-state index is -4.18. The summed E-state index contributed by atoms with van der Waals surface area (Å²) in [6.45, 7) is 1.15. The van der Waals surface area contributed by atoms with Crippen molar-refractivity contribution in [3.63, 3.8) is 0 Å². The summed E-state index contributed by atoms with van der Waals surface area (Å²) in [5.74, 6) is -1.51.